The van der Waals surface area contributed by atoms with Gasteiger partial charge in [0, 0.05) is 5.02 Å². The van der Waals surface area contributed by atoms with E-state index in [-0.39, 0.29) is 22.9 Å². The zero-order valence-corrected chi connectivity index (χ0v) is 12.9. The first-order valence-corrected chi connectivity index (χ1v) is 8.00. The van der Waals surface area contributed by atoms with Gasteiger partial charge in [0.1, 0.15) is 11.8 Å². The molecule has 1 atom stereocenters. The van der Waals surface area contributed by atoms with E-state index in [1.807, 2.05) is 0 Å². The summed E-state index contributed by atoms with van der Waals surface area (Å²) in [6, 6.07) is 3.17. The molecule has 112 valence electrons. The second-order valence-electron chi connectivity index (χ2n) is 4.14. The molecular weight excluding hydrogens is 306 g/mol. The highest BCUT2D eigenvalue weighted by Crippen LogP contribution is 2.34. The number of anilines is 1. The van der Waals surface area contributed by atoms with Gasteiger partial charge in [-0.1, -0.05) is 18.5 Å². The Kier molecular flexibility index (Phi) is 5.24. The molecule has 0 heterocycles. The summed E-state index contributed by atoms with van der Waals surface area (Å²) < 4.78 is 29.9. The predicted molar refractivity (Wildman–Crippen MR) is 77.0 cm³/mol. The number of carboxylic acid groups (broad SMARTS) is 1. The molecule has 0 amide bonds. The number of sulfonamides is 1. The molecule has 1 aromatic rings. The third-order valence-electron chi connectivity index (χ3n) is 2.69. The van der Waals surface area contributed by atoms with Crippen molar-refractivity contribution >= 4 is 33.3 Å². The highest BCUT2D eigenvalue weighted by atomic mass is 35.5. The summed E-state index contributed by atoms with van der Waals surface area (Å²) in [5.41, 5.74) is 0.108. The van der Waals surface area contributed by atoms with E-state index in [1.165, 1.54) is 25.3 Å². The molecule has 0 bridgehead atoms. The summed E-state index contributed by atoms with van der Waals surface area (Å²) in [5, 5.41) is 9.51. The van der Waals surface area contributed by atoms with Crippen LogP contribution >= 0.6 is 11.6 Å². The zero-order chi connectivity index (χ0) is 15.5. The molecule has 20 heavy (non-hydrogen) atoms. The lowest BCUT2D eigenvalue weighted by Gasteiger charge is -2.29. The SMILES string of the molecule is CCC(C(=O)O)N(c1cc(Cl)ccc1OC)S(C)(=O)=O. The summed E-state index contributed by atoms with van der Waals surface area (Å²) in [6.07, 6.45) is 1.05. The Morgan fingerprint density at radius 3 is 2.50 bits per heavy atom. The van der Waals surface area contributed by atoms with Crippen molar-refractivity contribution in [1.29, 1.82) is 0 Å². The van der Waals surface area contributed by atoms with Crippen LogP contribution < -0.4 is 9.04 Å². The quantitative estimate of drug-likeness (QED) is 0.866. The number of methoxy groups -OCH3 is 1. The van der Waals surface area contributed by atoms with Crippen molar-refractivity contribution in [1.82, 2.24) is 0 Å². The normalized spacial score (nSPS) is 12.8. The maximum Gasteiger partial charge on any atom is 0.327 e. The van der Waals surface area contributed by atoms with E-state index < -0.39 is 22.0 Å². The van der Waals surface area contributed by atoms with Gasteiger partial charge in [0.25, 0.3) is 0 Å². The van der Waals surface area contributed by atoms with Crippen LogP contribution in [0.2, 0.25) is 5.02 Å². The topological polar surface area (TPSA) is 83.9 Å². The van der Waals surface area contributed by atoms with E-state index in [0.717, 1.165) is 10.6 Å². The number of aliphatic carboxylic acids is 1. The Morgan fingerprint density at radius 1 is 1.50 bits per heavy atom. The van der Waals surface area contributed by atoms with Gasteiger partial charge in [-0.05, 0) is 24.6 Å². The first-order chi connectivity index (χ1) is 9.22. The maximum absolute atomic E-state index is 12.0. The summed E-state index contributed by atoms with van der Waals surface area (Å²) in [7, 11) is -2.44. The second kappa shape index (κ2) is 6.32. The minimum Gasteiger partial charge on any atom is -0.495 e. The summed E-state index contributed by atoms with van der Waals surface area (Å²) >= 11 is 5.87. The number of benzene rings is 1. The van der Waals surface area contributed by atoms with Gasteiger partial charge in [0.05, 0.1) is 19.1 Å². The molecule has 1 aromatic carbocycles. The Morgan fingerprint density at radius 2 is 2.10 bits per heavy atom. The van der Waals surface area contributed by atoms with Gasteiger partial charge in [-0.15, -0.1) is 0 Å². The number of carbonyl (C=O) groups is 1. The fraction of sp³-hybridized carbons (Fsp3) is 0.417. The standard InChI is InChI=1S/C12H16ClNO5S/c1-4-9(12(15)16)14(20(3,17)18)10-7-8(13)5-6-11(10)19-2/h5-7,9H,4H2,1-3H3,(H,15,16). The molecule has 0 aromatic heterocycles. The van der Waals surface area contributed by atoms with Gasteiger partial charge in [0.15, 0.2) is 0 Å². The van der Waals surface area contributed by atoms with Crippen molar-refractivity contribution in [2.24, 2.45) is 0 Å². The molecule has 1 unspecified atom stereocenters. The minimum absolute atomic E-state index is 0.108. The van der Waals surface area contributed by atoms with Crippen molar-refractivity contribution < 1.29 is 23.1 Å². The third-order valence-corrected chi connectivity index (χ3v) is 4.09. The average Bonchev–Trinajstić information content (AvgIpc) is 2.33. The number of hydrogen-bond donors (Lipinski definition) is 1. The van der Waals surface area contributed by atoms with Crippen molar-refractivity contribution in [3.63, 3.8) is 0 Å². The predicted octanol–water partition coefficient (Wildman–Crippen LogP) is 1.98. The van der Waals surface area contributed by atoms with Crippen molar-refractivity contribution in [3.8, 4) is 5.75 Å². The fourth-order valence-electron chi connectivity index (χ4n) is 1.85. The Bertz CT molecular complexity index is 602. The highest BCUT2D eigenvalue weighted by molar-refractivity contribution is 7.92. The van der Waals surface area contributed by atoms with Crippen LogP contribution in [-0.2, 0) is 14.8 Å². The number of carboxylic acids is 1. The first-order valence-electron chi connectivity index (χ1n) is 5.78. The monoisotopic (exact) mass is 321 g/mol. The maximum atomic E-state index is 12.0. The lowest BCUT2D eigenvalue weighted by Crippen LogP contribution is -2.44. The van der Waals surface area contributed by atoms with Crippen molar-refractivity contribution in [3.05, 3.63) is 23.2 Å². The molecule has 1 N–H and O–H groups in total. The van der Waals surface area contributed by atoms with Crippen LogP contribution in [0.15, 0.2) is 18.2 Å². The molecular formula is C12H16ClNO5S. The van der Waals surface area contributed by atoms with Gasteiger partial charge >= 0.3 is 5.97 Å². The van der Waals surface area contributed by atoms with Crippen LogP contribution in [0, 0.1) is 0 Å². The van der Waals surface area contributed by atoms with E-state index in [0.29, 0.717) is 0 Å². The smallest absolute Gasteiger partial charge is 0.327 e. The van der Waals surface area contributed by atoms with Gasteiger partial charge < -0.3 is 9.84 Å². The Labute approximate surface area is 123 Å². The number of ether oxygens (including phenoxy) is 1. The molecule has 8 heteroatoms. The number of halogens is 1. The van der Waals surface area contributed by atoms with Crippen LogP contribution in [0.4, 0.5) is 5.69 Å². The van der Waals surface area contributed by atoms with Gasteiger partial charge in [0.2, 0.25) is 10.0 Å². The second-order valence-corrected chi connectivity index (χ2v) is 6.43. The molecule has 0 saturated carbocycles. The number of rotatable bonds is 6. The molecule has 6 nitrogen and oxygen atoms in total. The van der Waals surface area contributed by atoms with Gasteiger partial charge in [-0.2, -0.15) is 0 Å². The van der Waals surface area contributed by atoms with Crippen LogP contribution in [0.5, 0.6) is 5.75 Å². The average molecular weight is 322 g/mol. The minimum atomic E-state index is -3.81. The summed E-state index contributed by atoms with van der Waals surface area (Å²) in [4.78, 5) is 11.3. The molecule has 0 radical (unpaired) electrons. The number of nitrogens with zero attached hydrogens (tertiary/aromatic N) is 1. The summed E-state index contributed by atoms with van der Waals surface area (Å²) in [6.45, 7) is 1.59. The number of hydrogen-bond acceptors (Lipinski definition) is 4. The van der Waals surface area contributed by atoms with E-state index in [1.54, 1.807) is 6.92 Å². The van der Waals surface area contributed by atoms with E-state index in [4.69, 9.17) is 16.3 Å². The van der Waals surface area contributed by atoms with E-state index in [2.05, 4.69) is 0 Å². The molecule has 0 saturated heterocycles. The van der Waals surface area contributed by atoms with Gasteiger partial charge in [-0.3, -0.25) is 4.31 Å². The van der Waals surface area contributed by atoms with Crippen LogP contribution in [0.3, 0.4) is 0 Å². The lowest BCUT2D eigenvalue weighted by molar-refractivity contribution is -0.138. The lowest BCUT2D eigenvalue weighted by atomic mass is 10.2. The van der Waals surface area contributed by atoms with Crippen LogP contribution in [0.1, 0.15) is 13.3 Å². The Hall–Kier alpha value is -1.47. The van der Waals surface area contributed by atoms with Crippen molar-refractivity contribution in [2.75, 3.05) is 17.7 Å². The summed E-state index contributed by atoms with van der Waals surface area (Å²) in [5.74, 6) is -1.00. The Balaban J connectivity index is 3.54. The first kappa shape index (κ1) is 16.6. The van der Waals surface area contributed by atoms with Crippen LogP contribution in [0.25, 0.3) is 0 Å². The fourth-order valence-corrected chi connectivity index (χ4v) is 3.22. The molecule has 0 fully saturated rings. The largest absolute Gasteiger partial charge is 0.495 e. The molecule has 0 aliphatic rings. The van der Waals surface area contributed by atoms with Gasteiger partial charge in [-0.25, -0.2) is 13.2 Å². The zero-order valence-electron chi connectivity index (χ0n) is 11.3. The molecule has 0 spiro atoms. The molecule has 0 aliphatic carbocycles. The highest BCUT2D eigenvalue weighted by Gasteiger charge is 2.33. The molecule has 1 rings (SSSR count). The molecule has 0 aliphatic heterocycles. The van der Waals surface area contributed by atoms with Crippen molar-refractivity contribution in [2.45, 2.75) is 19.4 Å². The third kappa shape index (κ3) is 3.55. The van der Waals surface area contributed by atoms with E-state index >= 15 is 0 Å². The van der Waals surface area contributed by atoms with E-state index in [9.17, 15) is 18.3 Å². The van der Waals surface area contributed by atoms with Crippen LogP contribution in [-0.4, -0.2) is 38.9 Å².